The number of methoxy groups -OCH3 is 2. The number of nitrogens with zero attached hydrogens (tertiary/aromatic N) is 1. The lowest BCUT2D eigenvalue weighted by Crippen LogP contribution is -2.43. The van der Waals surface area contributed by atoms with E-state index in [1.54, 1.807) is 25.3 Å². The van der Waals surface area contributed by atoms with E-state index in [0.717, 1.165) is 5.56 Å². The van der Waals surface area contributed by atoms with Crippen molar-refractivity contribution in [2.45, 2.75) is 26.2 Å². The Balaban J connectivity index is 1.82. The SMILES string of the molecule is COc1ccc(OC)c(NC(=O)CN2C(=O)COc3cc(C(C)(C)C)ccc32)c1. The van der Waals surface area contributed by atoms with Crippen LogP contribution in [0, 0.1) is 0 Å². The molecular weight excluding hydrogens is 372 g/mol. The monoisotopic (exact) mass is 398 g/mol. The molecule has 154 valence electrons. The average Bonchev–Trinajstić information content (AvgIpc) is 2.69. The van der Waals surface area contributed by atoms with Crippen LogP contribution in [0.5, 0.6) is 17.2 Å². The topological polar surface area (TPSA) is 77.1 Å². The summed E-state index contributed by atoms with van der Waals surface area (Å²) in [5, 5.41) is 2.79. The van der Waals surface area contributed by atoms with Crippen LogP contribution in [-0.2, 0) is 15.0 Å². The Morgan fingerprint density at radius 2 is 1.90 bits per heavy atom. The molecule has 1 aliphatic heterocycles. The summed E-state index contributed by atoms with van der Waals surface area (Å²) >= 11 is 0. The van der Waals surface area contributed by atoms with Crippen molar-refractivity contribution in [3.05, 3.63) is 42.0 Å². The second-order valence-electron chi connectivity index (χ2n) is 7.82. The predicted octanol–water partition coefficient (Wildman–Crippen LogP) is 3.37. The molecule has 0 unspecified atom stereocenters. The Hall–Kier alpha value is -3.22. The van der Waals surface area contributed by atoms with E-state index in [9.17, 15) is 9.59 Å². The van der Waals surface area contributed by atoms with E-state index in [-0.39, 0.29) is 30.4 Å². The molecule has 0 atom stereocenters. The highest BCUT2D eigenvalue weighted by molar-refractivity contribution is 6.05. The summed E-state index contributed by atoms with van der Waals surface area (Å²) in [6.45, 7) is 6.08. The summed E-state index contributed by atoms with van der Waals surface area (Å²) in [6.07, 6.45) is 0. The zero-order valence-electron chi connectivity index (χ0n) is 17.4. The lowest BCUT2D eigenvalue weighted by Gasteiger charge is -2.30. The second-order valence-corrected chi connectivity index (χ2v) is 7.82. The molecule has 29 heavy (non-hydrogen) atoms. The molecule has 1 N–H and O–H groups in total. The van der Waals surface area contributed by atoms with Gasteiger partial charge in [0.2, 0.25) is 5.91 Å². The van der Waals surface area contributed by atoms with Crippen molar-refractivity contribution in [3.63, 3.8) is 0 Å². The Labute approximate surface area is 170 Å². The standard InChI is InChI=1S/C22H26N2O5/c1-22(2,3)14-6-8-17-19(10-14)29-13-21(26)24(17)12-20(25)23-16-11-15(27-4)7-9-18(16)28-5/h6-11H,12-13H2,1-5H3,(H,23,25). The van der Waals surface area contributed by atoms with Crippen LogP contribution < -0.4 is 24.4 Å². The molecule has 2 amide bonds. The van der Waals surface area contributed by atoms with Crippen molar-refractivity contribution in [2.24, 2.45) is 0 Å². The van der Waals surface area contributed by atoms with Gasteiger partial charge >= 0.3 is 0 Å². The first-order valence-electron chi connectivity index (χ1n) is 9.32. The van der Waals surface area contributed by atoms with Gasteiger partial charge in [-0.3, -0.25) is 14.5 Å². The van der Waals surface area contributed by atoms with Crippen LogP contribution in [-0.4, -0.2) is 39.2 Å². The van der Waals surface area contributed by atoms with Crippen LogP contribution in [0.2, 0.25) is 0 Å². The summed E-state index contributed by atoms with van der Waals surface area (Å²) in [7, 11) is 3.06. The highest BCUT2D eigenvalue weighted by Gasteiger charge is 2.29. The van der Waals surface area contributed by atoms with Crippen LogP contribution in [0.15, 0.2) is 36.4 Å². The van der Waals surface area contributed by atoms with E-state index in [1.165, 1.54) is 12.0 Å². The molecule has 0 radical (unpaired) electrons. The molecule has 7 nitrogen and oxygen atoms in total. The fourth-order valence-corrected chi connectivity index (χ4v) is 3.09. The largest absolute Gasteiger partial charge is 0.497 e. The van der Waals surface area contributed by atoms with Crippen molar-refractivity contribution in [3.8, 4) is 17.2 Å². The zero-order valence-corrected chi connectivity index (χ0v) is 17.4. The summed E-state index contributed by atoms with van der Waals surface area (Å²) in [5.74, 6) is 1.07. The fourth-order valence-electron chi connectivity index (χ4n) is 3.09. The first-order valence-corrected chi connectivity index (χ1v) is 9.32. The maximum Gasteiger partial charge on any atom is 0.265 e. The van der Waals surface area contributed by atoms with E-state index < -0.39 is 0 Å². The third-order valence-corrected chi connectivity index (χ3v) is 4.75. The number of benzene rings is 2. The number of carbonyl (C=O) groups is 2. The minimum atomic E-state index is -0.349. The third kappa shape index (κ3) is 4.45. The van der Waals surface area contributed by atoms with E-state index in [4.69, 9.17) is 14.2 Å². The molecule has 0 aliphatic carbocycles. The van der Waals surface area contributed by atoms with E-state index >= 15 is 0 Å². The fraction of sp³-hybridized carbons (Fsp3) is 0.364. The quantitative estimate of drug-likeness (QED) is 0.836. The minimum Gasteiger partial charge on any atom is -0.497 e. The van der Waals surface area contributed by atoms with Gasteiger partial charge in [-0.15, -0.1) is 0 Å². The van der Waals surface area contributed by atoms with Crippen LogP contribution in [0.1, 0.15) is 26.3 Å². The van der Waals surface area contributed by atoms with Crippen LogP contribution in [0.25, 0.3) is 0 Å². The third-order valence-electron chi connectivity index (χ3n) is 4.75. The van der Waals surface area contributed by atoms with Crippen molar-refractivity contribution >= 4 is 23.2 Å². The first-order chi connectivity index (χ1) is 13.7. The molecule has 3 rings (SSSR count). The highest BCUT2D eigenvalue weighted by atomic mass is 16.5. The van der Waals surface area contributed by atoms with Gasteiger partial charge in [-0.1, -0.05) is 26.8 Å². The second kappa shape index (κ2) is 8.03. The summed E-state index contributed by atoms with van der Waals surface area (Å²) in [5.41, 5.74) is 2.10. The summed E-state index contributed by atoms with van der Waals surface area (Å²) in [4.78, 5) is 26.6. The van der Waals surface area contributed by atoms with Crippen molar-refractivity contribution in [1.82, 2.24) is 0 Å². The number of anilines is 2. The maximum absolute atomic E-state index is 12.7. The summed E-state index contributed by atoms with van der Waals surface area (Å²) < 4.78 is 16.1. The molecular formula is C22H26N2O5. The molecule has 0 bridgehead atoms. The Bertz CT molecular complexity index is 933. The minimum absolute atomic E-state index is 0.0506. The van der Waals surface area contributed by atoms with Crippen molar-refractivity contribution < 1.29 is 23.8 Å². The van der Waals surface area contributed by atoms with E-state index in [0.29, 0.717) is 28.6 Å². The number of rotatable bonds is 5. The normalized spacial score (nSPS) is 13.4. The number of nitrogens with one attached hydrogen (secondary N) is 1. The van der Waals surface area contributed by atoms with Crippen molar-refractivity contribution in [1.29, 1.82) is 0 Å². The Morgan fingerprint density at radius 1 is 1.14 bits per heavy atom. The van der Waals surface area contributed by atoms with Gasteiger partial charge in [-0.05, 0) is 35.2 Å². The maximum atomic E-state index is 12.7. The number of hydrogen-bond acceptors (Lipinski definition) is 5. The molecule has 0 spiro atoms. The van der Waals surface area contributed by atoms with Gasteiger partial charge < -0.3 is 19.5 Å². The number of fused-ring (bicyclic) bond motifs is 1. The van der Waals surface area contributed by atoms with Crippen LogP contribution >= 0.6 is 0 Å². The number of amides is 2. The molecule has 2 aromatic carbocycles. The molecule has 0 saturated heterocycles. The Morgan fingerprint density at radius 3 is 2.55 bits per heavy atom. The molecule has 1 heterocycles. The number of hydrogen-bond donors (Lipinski definition) is 1. The predicted molar refractivity (Wildman–Crippen MR) is 111 cm³/mol. The van der Waals surface area contributed by atoms with Gasteiger partial charge in [-0.2, -0.15) is 0 Å². The van der Waals surface area contributed by atoms with Gasteiger partial charge in [0.15, 0.2) is 6.61 Å². The van der Waals surface area contributed by atoms with E-state index in [2.05, 4.69) is 26.1 Å². The van der Waals surface area contributed by atoms with E-state index in [1.807, 2.05) is 18.2 Å². The molecule has 0 saturated carbocycles. The van der Waals surface area contributed by atoms with Gasteiger partial charge in [-0.25, -0.2) is 0 Å². The molecule has 1 aliphatic rings. The van der Waals surface area contributed by atoms with Gasteiger partial charge in [0, 0.05) is 6.07 Å². The lowest BCUT2D eigenvalue weighted by molar-refractivity contribution is -0.123. The smallest absolute Gasteiger partial charge is 0.265 e. The number of ether oxygens (including phenoxy) is 3. The Kier molecular flexibility index (Phi) is 5.68. The zero-order chi connectivity index (χ0) is 21.2. The molecule has 0 aromatic heterocycles. The van der Waals surface area contributed by atoms with Crippen molar-refractivity contribution in [2.75, 3.05) is 37.6 Å². The number of carbonyl (C=O) groups excluding carboxylic acids is 2. The van der Waals surface area contributed by atoms with Gasteiger partial charge in [0.05, 0.1) is 25.6 Å². The average molecular weight is 398 g/mol. The summed E-state index contributed by atoms with van der Waals surface area (Å²) in [6, 6.07) is 10.8. The molecule has 0 fully saturated rings. The lowest BCUT2D eigenvalue weighted by atomic mass is 9.86. The van der Waals surface area contributed by atoms with Gasteiger partial charge in [0.25, 0.3) is 5.91 Å². The van der Waals surface area contributed by atoms with Crippen LogP contribution in [0.4, 0.5) is 11.4 Å². The highest BCUT2D eigenvalue weighted by Crippen LogP contribution is 2.36. The van der Waals surface area contributed by atoms with Gasteiger partial charge in [0.1, 0.15) is 23.8 Å². The first kappa shape index (κ1) is 20.5. The molecule has 2 aromatic rings. The molecule has 7 heteroatoms. The van der Waals surface area contributed by atoms with Crippen LogP contribution in [0.3, 0.4) is 0 Å².